The number of rotatable bonds is 6. The van der Waals surface area contributed by atoms with Crippen molar-refractivity contribution in [2.24, 2.45) is 0 Å². The van der Waals surface area contributed by atoms with Crippen molar-refractivity contribution in [1.29, 1.82) is 0 Å². The Morgan fingerprint density at radius 2 is 0.793 bits per heavy atom. The molecule has 12 aromatic rings. The van der Waals surface area contributed by atoms with Gasteiger partial charge in [-0.1, -0.05) is 140 Å². The molecule has 0 saturated carbocycles. The SMILES string of the molecule is c1ccc(C(c2ccc3oc4ccccc4c3c2)c2cc3c4ccccc4c(N(c4ccccc4)c4ccc5oc6ccccc6c5c4)cc3c3ccccc23)cc1. The monoisotopic (exact) mass is 741 g/mol. The van der Waals surface area contributed by atoms with Gasteiger partial charge in [0, 0.05) is 44.2 Å². The number of hydrogen-bond acceptors (Lipinski definition) is 3. The summed E-state index contributed by atoms with van der Waals surface area (Å²) in [5, 5.41) is 11.8. The summed E-state index contributed by atoms with van der Waals surface area (Å²) < 4.78 is 12.6. The molecule has 0 amide bonds. The Labute approximate surface area is 334 Å². The van der Waals surface area contributed by atoms with E-state index in [-0.39, 0.29) is 5.92 Å². The molecule has 0 saturated heterocycles. The Morgan fingerprint density at radius 3 is 1.48 bits per heavy atom. The minimum atomic E-state index is -0.0238. The van der Waals surface area contributed by atoms with Crippen molar-refractivity contribution in [3.8, 4) is 0 Å². The zero-order valence-electron chi connectivity index (χ0n) is 31.5. The van der Waals surface area contributed by atoms with Crippen molar-refractivity contribution in [3.63, 3.8) is 0 Å². The van der Waals surface area contributed by atoms with Crippen LogP contribution in [0.4, 0.5) is 17.1 Å². The molecule has 3 heteroatoms. The summed E-state index contributed by atoms with van der Waals surface area (Å²) in [5.41, 5.74) is 10.6. The van der Waals surface area contributed by atoms with Gasteiger partial charge in [0.05, 0.1) is 5.69 Å². The second kappa shape index (κ2) is 13.0. The predicted molar refractivity (Wildman–Crippen MR) is 242 cm³/mol. The predicted octanol–water partition coefficient (Wildman–Crippen LogP) is 15.6. The van der Waals surface area contributed by atoms with E-state index in [4.69, 9.17) is 8.83 Å². The van der Waals surface area contributed by atoms with Gasteiger partial charge in [-0.25, -0.2) is 0 Å². The summed E-state index contributed by atoms with van der Waals surface area (Å²) in [6, 6.07) is 74.3. The maximum Gasteiger partial charge on any atom is 0.135 e. The summed E-state index contributed by atoms with van der Waals surface area (Å²) in [5.74, 6) is -0.0238. The van der Waals surface area contributed by atoms with Crippen molar-refractivity contribution >= 4 is 93.3 Å². The molecule has 2 heterocycles. The molecule has 12 rings (SSSR count). The lowest BCUT2D eigenvalue weighted by Crippen LogP contribution is -2.11. The van der Waals surface area contributed by atoms with E-state index in [2.05, 4.69) is 193 Å². The Hall–Kier alpha value is -7.62. The first-order chi connectivity index (χ1) is 28.8. The first-order valence-electron chi connectivity index (χ1n) is 19.9. The Morgan fingerprint density at radius 1 is 0.293 bits per heavy atom. The van der Waals surface area contributed by atoms with Crippen LogP contribution in [0.15, 0.2) is 215 Å². The summed E-state index contributed by atoms with van der Waals surface area (Å²) in [7, 11) is 0. The van der Waals surface area contributed by atoms with E-state index in [9.17, 15) is 0 Å². The molecular weight excluding hydrogens is 707 g/mol. The van der Waals surface area contributed by atoms with Crippen LogP contribution in [0.1, 0.15) is 22.6 Å². The second-order valence-electron chi connectivity index (χ2n) is 15.2. The topological polar surface area (TPSA) is 29.5 Å². The third kappa shape index (κ3) is 5.07. The number of benzene rings is 10. The zero-order chi connectivity index (χ0) is 38.2. The lowest BCUT2D eigenvalue weighted by atomic mass is 9.80. The highest BCUT2D eigenvalue weighted by Gasteiger charge is 2.25. The molecule has 0 aliphatic rings. The molecule has 0 N–H and O–H groups in total. The second-order valence-corrected chi connectivity index (χ2v) is 15.2. The van der Waals surface area contributed by atoms with Crippen LogP contribution in [-0.2, 0) is 0 Å². The van der Waals surface area contributed by atoms with E-state index in [0.29, 0.717) is 0 Å². The van der Waals surface area contributed by atoms with Gasteiger partial charge in [0.15, 0.2) is 0 Å². The molecule has 10 aromatic carbocycles. The summed E-state index contributed by atoms with van der Waals surface area (Å²) in [6.07, 6.45) is 0. The van der Waals surface area contributed by atoms with Crippen LogP contribution in [0, 0.1) is 0 Å². The van der Waals surface area contributed by atoms with Crippen LogP contribution >= 0.6 is 0 Å². The maximum atomic E-state index is 6.30. The van der Waals surface area contributed by atoms with E-state index in [1.165, 1.54) is 49.0 Å². The van der Waals surface area contributed by atoms with Gasteiger partial charge < -0.3 is 13.7 Å². The smallest absolute Gasteiger partial charge is 0.135 e. The third-order valence-corrected chi connectivity index (χ3v) is 11.9. The van der Waals surface area contributed by atoms with Gasteiger partial charge in [0.25, 0.3) is 0 Å². The van der Waals surface area contributed by atoms with Gasteiger partial charge in [0.2, 0.25) is 0 Å². The Kier molecular flexibility index (Phi) is 7.29. The molecule has 272 valence electrons. The van der Waals surface area contributed by atoms with E-state index in [0.717, 1.165) is 60.9 Å². The molecular formula is C55H35NO2. The van der Waals surface area contributed by atoms with Gasteiger partial charge in [-0.2, -0.15) is 0 Å². The number of furan rings is 2. The highest BCUT2D eigenvalue weighted by molar-refractivity contribution is 6.22. The van der Waals surface area contributed by atoms with Crippen LogP contribution in [0.5, 0.6) is 0 Å². The molecule has 0 aliphatic heterocycles. The first kappa shape index (κ1) is 32.6. The van der Waals surface area contributed by atoms with Crippen molar-refractivity contribution in [2.45, 2.75) is 5.92 Å². The Bertz CT molecular complexity index is 3290. The maximum absolute atomic E-state index is 6.30. The van der Waals surface area contributed by atoms with Crippen molar-refractivity contribution in [2.75, 3.05) is 4.90 Å². The summed E-state index contributed by atoms with van der Waals surface area (Å²) in [6.45, 7) is 0. The Balaban J connectivity index is 1.14. The first-order valence-corrected chi connectivity index (χ1v) is 19.9. The minimum Gasteiger partial charge on any atom is -0.456 e. The summed E-state index contributed by atoms with van der Waals surface area (Å²) >= 11 is 0. The average Bonchev–Trinajstić information content (AvgIpc) is 3.85. The molecule has 1 atom stereocenters. The molecule has 58 heavy (non-hydrogen) atoms. The highest BCUT2D eigenvalue weighted by Crippen LogP contribution is 2.47. The van der Waals surface area contributed by atoms with Crippen LogP contribution in [0.2, 0.25) is 0 Å². The van der Waals surface area contributed by atoms with Crippen LogP contribution in [0.25, 0.3) is 76.2 Å². The van der Waals surface area contributed by atoms with Gasteiger partial charge >= 0.3 is 0 Å². The van der Waals surface area contributed by atoms with E-state index in [1.54, 1.807) is 0 Å². The van der Waals surface area contributed by atoms with Crippen molar-refractivity contribution in [1.82, 2.24) is 0 Å². The summed E-state index contributed by atoms with van der Waals surface area (Å²) in [4.78, 5) is 2.41. The number of hydrogen-bond donors (Lipinski definition) is 0. The molecule has 0 bridgehead atoms. The number of fused-ring (bicyclic) bond motifs is 11. The van der Waals surface area contributed by atoms with E-state index in [1.807, 2.05) is 18.2 Å². The fraction of sp³-hybridized carbons (Fsp3) is 0.0182. The number of anilines is 3. The minimum absolute atomic E-state index is 0.0238. The average molecular weight is 742 g/mol. The van der Waals surface area contributed by atoms with Crippen LogP contribution in [-0.4, -0.2) is 0 Å². The normalized spacial score (nSPS) is 12.4. The number of para-hydroxylation sites is 3. The van der Waals surface area contributed by atoms with Gasteiger partial charge in [0.1, 0.15) is 22.3 Å². The quantitative estimate of drug-likeness (QED) is 0.126. The third-order valence-electron chi connectivity index (χ3n) is 11.9. The zero-order valence-corrected chi connectivity index (χ0v) is 31.5. The van der Waals surface area contributed by atoms with Gasteiger partial charge in [-0.05, 0) is 110 Å². The molecule has 2 aromatic heterocycles. The standard InChI is InChI=1S/C55H35NO2/c1-3-15-35(16-4-1)55(36-27-29-53-47(31-36)43-23-11-13-25-51(43)57-53)49-33-45-41-21-9-10-22-42(41)50(34-46(45)39-19-7-8-20-40(39)49)56(37-17-5-2-6-18-37)38-28-30-54-48(32-38)44-24-12-14-26-52(44)58-54/h1-34,55H. The fourth-order valence-corrected chi connectivity index (χ4v) is 9.36. The van der Waals surface area contributed by atoms with Gasteiger partial charge in [-0.15, -0.1) is 0 Å². The largest absolute Gasteiger partial charge is 0.456 e. The van der Waals surface area contributed by atoms with Crippen molar-refractivity contribution < 1.29 is 8.83 Å². The molecule has 0 spiro atoms. The highest BCUT2D eigenvalue weighted by atomic mass is 16.3. The molecule has 0 fully saturated rings. The van der Waals surface area contributed by atoms with Crippen LogP contribution < -0.4 is 4.90 Å². The van der Waals surface area contributed by atoms with Crippen molar-refractivity contribution in [3.05, 3.63) is 223 Å². The number of nitrogens with zero attached hydrogens (tertiary/aromatic N) is 1. The molecule has 3 nitrogen and oxygen atoms in total. The molecule has 0 radical (unpaired) electrons. The lowest BCUT2D eigenvalue weighted by molar-refractivity contribution is 0.668. The van der Waals surface area contributed by atoms with E-state index >= 15 is 0 Å². The molecule has 0 aliphatic carbocycles. The van der Waals surface area contributed by atoms with E-state index < -0.39 is 0 Å². The van der Waals surface area contributed by atoms with Crippen LogP contribution in [0.3, 0.4) is 0 Å². The van der Waals surface area contributed by atoms with Gasteiger partial charge in [-0.3, -0.25) is 0 Å². The molecule has 1 unspecified atom stereocenters. The fourth-order valence-electron chi connectivity index (χ4n) is 9.36. The lowest BCUT2D eigenvalue weighted by Gasteiger charge is -2.28.